The normalized spacial score (nSPS) is 17.2. The van der Waals surface area contributed by atoms with Crippen LogP contribution >= 0.6 is 0 Å². The Morgan fingerprint density at radius 2 is 2.26 bits per heavy atom. The number of carbonyl (C=O) groups is 1. The molecule has 4 rings (SSSR count). The van der Waals surface area contributed by atoms with Crippen LogP contribution < -0.4 is 4.74 Å². The van der Waals surface area contributed by atoms with Crippen LogP contribution in [0.25, 0.3) is 22.6 Å². The lowest BCUT2D eigenvalue weighted by atomic mass is 10.1. The van der Waals surface area contributed by atoms with Crippen LogP contribution in [0.4, 0.5) is 4.79 Å². The Labute approximate surface area is 155 Å². The number of rotatable bonds is 4. The molecule has 1 amide bonds. The van der Waals surface area contributed by atoms with E-state index >= 15 is 0 Å². The van der Waals surface area contributed by atoms with Crippen molar-refractivity contribution in [2.75, 3.05) is 26.3 Å². The number of carboxylic acid groups (broad SMARTS) is 1. The first-order valence-corrected chi connectivity index (χ1v) is 8.73. The molecule has 8 nitrogen and oxygen atoms in total. The number of nitrogens with zero attached hydrogens (tertiary/aromatic N) is 3. The predicted octanol–water partition coefficient (Wildman–Crippen LogP) is 3.34. The zero-order chi connectivity index (χ0) is 18.8. The Morgan fingerprint density at radius 1 is 1.37 bits per heavy atom. The van der Waals surface area contributed by atoms with Crippen molar-refractivity contribution < 1.29 is 23.8 Å². The van der Waals surface area contributed by atoms with Gasteiger partial charge in [-0.15, -0.1) is 0 Å². The smallest absolute Gasteiger partial charge is 0.407 e. The van der Waals surface area contributed by atoms with E-state index in [1.54, 1.807) is 12.3 Å². The summed E-state index contributed by atoms with van der Waals surface area (Å²) >= 11 is 0. The minimum atomic E-state index is -0.936. The number of fused-ring (bicyclic) bond motifs is 1. The molecule has 1 atom stereocenters. The molecule has 3 heterocycles. The molecule has 0 radical (unpaired) electrons. The number of aromatic nitrogens is 2. The molecule has 1 N–H and O–H groups in total. The van der Waals surface area contributed by atoms with Gasteiger partial charge in [-0.2, -0.15) is 0 Å². The largest absolute Gasteiger partial charge is 0.478 e. The molecule has 2 aromatic heterocycles. The van der Waals surface area contributed by atoms with Crippen molar-refractivity contribution in [3.05, 3.63) is 42.1 Å². The molecule has 1 aromatic carbocycles. The summed E-state index contributed by atoms with van der Waals surface area (Å²) in [6.45, 7) is 3.50. The Morgan fingerprint density at radius 3 is 3.00 bits per heavy atom. The Balaban J connectivity index is 1.59. The molecule has 3 aromatic rings. The Hall–Kier alpha value is -3.13. The van der Waals surface area contributed by atoms with Crippen molar-refractivity contribution in [3.63, 3.8) is 0 Å². The van der Waals surface area contributed by atoms with Gasteiger partial charge in [0.2, 0.25) is 11.8 Å². The third-order valence-corrected chi connectivity index (χ3v) is 4.40. The molecule has 1 unspecified atom stereocenters. The highest BCUT2D eigenvalue weighted by Gasteiger charge is 2.25. The van der Waals surface area contributed by atoms with Gasteiger partial charge >= 0.3 is 6.09 Å². The second kappa shape index (κ2) is 7.24. The van der Waals surface area contributed by atoms with Gasteiger partial charge in [0, 0.05) is 18.8 Å². The topological polar surface area (TPSA) is 97.9 Å². The van der Waals surface area contributed by atoms with Crippen molar-refractivity contribution in [2.24, 2.45) is 0 Å². The average molecular weight is 369 g/mol. The summed E-state index contributed by atoms with van der Waals surface area (Å²) in [4.78, 5) is 21.3. The highest BCUT2D eigenvalue weighted by Crippen LogP contribution is 2.29. The SMILES string of the molecule is CCOc1ccc(-c2nc3ccc(C4CN(C(=O)O)CCO4)cc3o2)cn1. The number of hydrogen-bond donors (Lipinski definition) is 1. The Bertz CT molecular complexity index is 954. The maximum absolute atomic E-state index is 11.2. The molecule has 1 aliphatic rings. The number of ether oxygens (including phenoxy) is 2. The second-order valence-corrected chi connectivity index (χ2v) is 6.15. The quantitative estimate of drug-likeness (QED) is 0.753. The van der Waals surface area contributed by atoms with E-state index in [2.05, 4.69) is 9.97 Å². The number of benzene rings is 1. The first-order valence-electron chi connectivity index (χ1n) is 8.73. The first-order chi connectivity index (χ1) is 13.1. The van der Waals surface area contributed by atoms with Crippen LogP contribution in [-0.4, -0.2) is 52.4 Å². The van der Waals surface area contributed by atoms with Gasteiger partial charge in [0.1, 0.15) is 11.6 Å². The molecule has 140 valence electrons. The molecule has 0 saturated carbocycles. The number of hydrogen-bond acceptors (Lipinski definition) is 6. The molecule has 0 bridgehead atoms. The zero-order valence-corrected chi connectivity index (χ0v) is 14.8. The van der Waals surface area contributed by atoms with Crippen molar-refractivity contribution in [2.45, 2.75) is 13.0 Å². The number of pyridine rings is 1. The summed E-state index contributed by atoms with van der Waals surface area (Å²) in [7, 11) is 0. The minimum absolute atomic E-state index is 0.296. The van der Waals surface area contributed by atoms with Crippen LogP contribution in [0.2, 0.25) is 0 Å². The number of morpholine rings is 1. The van der Waals surface area contributed by atoms with Gasteiger partial charge in [-0.1, -0.05) is 6.07 Å². The van der Waals surface area contributed by atoms with Crippen LogP contribution in [0, 0.1) is 0 Å². The lowest BCUT2D eigenvalue weighted by Crippen LogP contribution is -2.41. The van der Waals surface area contributed by atoms with Gasteiger partial charge in [-0.25, -0.2) is 14.8 Å². The fourth-order valence-electron chi connectivity index (χ4n) is 3.03. The summed E-state index contributed by atoms with van der Waals surface area (Å²) in [6.07, 6.45) is 0.403. The third kappa shape index (κ3) is 3.56. The van der Waals surface area contributed by atoms with Crippen LogP contribution in [0.15, 0.2) is 40.9 Å². The van der Waals surface area contributed by atoms with E-state index in [1.165, 1.54) is 4.90 Å². The van der Waals surface area contributed by atoms with E-state index < -0.39 is 6.09 Å². The zero-order valence-electron chi connectivity index (χ0n) is 14.8. The average Bonchev–Trinajstić information content (AvgIpc) is 3.12. The van der Waals surface area contributed by atoms with Crippen LogP contribution in [0.3, 0.4) is 0 Å². The van der Waals surface area contributed by atoms with Crippen molar-refractivity contribution in [1.82, 2.24) is 14.9 Å². The fraction of sp³-hybridized carbons (Fsp3) is 0.316. The van der Waals surface area contributed by atoms with E-state index in [0.29, 0.717) is 49.2 Å². The molecule has 8 heteroatoms. The lowest BCUT2D eigenvalue weighted by Gasteiger charge is -2.31. The van der Waals surface area contributed by atoms with E-state index in [1.807, 2.05) is 31.2 Å². The summed E-state index contributed by atoms with van der Waals surface area (Å²) in [5.74, 6) is 1.02. The van der Waals surface area contributed by atoms with Crippen LogP contribution in [0.5, 0.6) is 5.88 Å². The maximum atomic E-state index is 11.2. The minimum Gasteiger partial charge on any atom is -0.478 e. The fourth-order valence-corrected chi connectivity index (χ4v) is 3.03. The lowest BCUT2D eigenvalue weighted by molar-refractivity contribution is -0.0231. The molecule has 1 saturated heterocycles. The van der Waals surface area contributed by atoms with Gasteiger partial charge in [-0.05, 0) is 30.7 Å². The molecule has 0 spiro atoms. The second-order valence-electron chi connectivity index (χ2n) is 6.15. The van der Waals surface area contributed by atoms with Crippen molar-refractivity contribution in [1.29, 1.82) is 0 Å². The summed E-state index contributed by atoms with van der Waals surface area (Å²) in [6, 6.07) is 9.21. The summed E-state index contributed by atoms with van der Waals surface area (Å²) < 4.78 is 17.0. The van der Waals surface area contributed by atoms with Gasteiger partial charge in [0.25, 0.3) is 0 Å². The van der Waals surface area contributed by atoms with Crippen molar-refractivity contribution >= 4 is 17.2 Å². The molecular formula is C19H19N3O5. The molecule has 1 aliphatic heterocycles. The van der Waals surface area contributed by atoms with Gasteiger partial charge in [0.15, 0.2) is 5.58 Å². The predicted molar refractivity (Wildman–Crippen MR) is 96.7 cm³/mol. The van der Waals surface area contributed by atoms with Gasteiger partial charge in [-0.3, -0.25) is 0 Å². The van der Waals surface area contributed by atoms with Gasteiger partial charge in [0.05, 0.1) is 25.3 Å². The molecular weight excluding hydrogens is 350 g/mol. The highest BCUT2D eigenvalue weighted by atomic mass is 16.5. The number of amides is 1. The van der Waals surface area contributed by atoms with Crippen molar-refractivity contribution in [3.8, 4) is 17.3 Å². The van der Waals surface area contributed by atoms with Crippen LogP contribution in [0.1, 0.15) is 18.6 Å². The standard InChI is InChI=1S/C19H19N3O5/c1-2-25-17-6-4-13(10-20-17)18-21-14-5-3-12(9-15(14)27-18)16-11-22(19(23)24)7-8-26-16/h3-6,9-10,16H,2,7-8,11H2,1H3,(H,23,24). The summed E-state index contributed by atoms with van der Waals surface area (Å²) in [5.41, 5.74) is 2.95. The first kappa shape index (κ1) is 17.3. The van der Waals surface area contributed by atoms with E-state index in [9.17, 15) is 9.90 Å². The maximum Gasteiger partial charge on any atom is 0.407 e. The number of oxazole rings is 1. The molecule has 1 fully saturated rings. The molecule has 27 heavy (non-hydrogen) atoms. The molecule has 0 aliphatic carbocycles. The summed E-state index contributed by atoms with van der Waals surface area (Å²) in [5, 5.41) is 9.18. The Kier molecular flexibility index (Phi) is 4.64. The van der Waals surface area contributed by atoms with Crippen LogP contribution in [-0.2, 0) is 4.74 Å². The third-order valence-electron chi connectivity index (χ3n) is 4.40. The van der Waals surface area contributed by atoms with Gasteiger partial charge < -0.3 is 23.9 Å². The highest BCUT2D eigenvalue weighted by molar-refractivity contribution is 5.77. The monoisotopic (exact) mass is 369 g/mol. The van der Waals surface area contributed by atoms with E-state index in [4.69, 9.17) is 13.9 Å². The van der Waals surface area contributed by atoms with E-state index in [0.717, 1.165) is 11.1 Å². The van der Waals surface area contributed by atoms with E-state index in [-0.39, 0.29) is 6.10 Å².